The first-order valence-corrected chi connectivity index (χ1v) is 9.59. The molecular formula is C17H16ClNO5S. The molecular weight excluding hydrogens is 366 g/mol. The van der Waals surface area contributed by atoms with E-state index in [9.17, 15) is 13.5 Å². The fourth-order valence-electron chi connectivity index (χ4n) is 3.44. The van der Waals surface area contributed by atoms with Crippen LogP contribution in [0.25, 0.3) is 0 Å². The van der Waals surface area contributed by atoms with E-state index in [0.29, 0.717) is 22.1 Å². The molecule has 2 aromatic carbocycles. The summed E-state index contributed by atoms with van der Waals surface area (Å²) in [4.78, 5) is 0.133. The number of benzene rings is 2. The van der Waals surface area contributed by atoms with Gasteiger partial charge in [0.2, 0.25) is 6.79 Å². The highest BCUT2D eigenvalue weighted by molar-refractivity contribution is 7.92. The van der Waals surface area contributed by atoms with Crippen LogP contribution in [0.3, 0.4) is 0 Å². The van der Waals surface area contributed by atoms with Crippen LogP contribution in [-0.4, -0.2) is 37.7 Å². The third-order valence-electron chi connectivity index (χ3n) is 4.81. The lowest BCUT2D eigenvalue weighted by molar-refractivity contribution is 0.174. The van der Waals surface area contributed by atoms with Crippen molar-refractivity contribution >= 4 is 21.4 Å². The van der Waals surface area contributed by atoms with Gasteiger partial charge in [-0.25, -0.2) is 8.42 Å². The van der Waals surface area contributed by atoms with Crippen molar-refractivity contribution in [2.75, 3.05) is 13.4 Å². The molecule has 3 N–H and O–H groups in total. The molecule has 2 aliphatic rings. The van der Waals surface area contributed by atoms with Gasteiger partial charge in [0.25, 0.3) is 0 Å². The molecule has 2 aromatic rings. The van der Waals surface area contributed by atoms with E-state index in [1.165, 1.54) is 24.3 Å². The third-order valence-corrected chi connectivity index (χ3v) is 7.37. The van der Waals surface area contributed by atoms with Crippen molar-refractivity contribution < 1.29 is 23.0 Å². The summed E-state index contributed by atoms with van der Waals surface area (Å²) in [6, 6.07) is 11.1. The number of rotatable bonds is 4. The van der Waals surface area contributed by atoms with Gasteiger partial charge in [-0.15, -0.1) is 0 Å². The van der Waals surface area contributed by atoms with Gasteiger partial charge in [0, 0.05) is 10.9 Å². The predicted octanol–water partition coefficient (Wildman–Crippen LogP) is 1.70. The number of aliphatic hydroxyl groups is 1. The number of ether oxygens (including phenoxy) is 2. The normalized spacial score (nSPS) is 27.3. The molecule has 6 nitrogen and oxygen atoms in total. The number of sulfone groups is 1. The number of aliphatic hydroxyl groups excluding tert-OH is 1. The van der Waals surface area contributed by atoms with Gasteiger partial charge < -0.3 is 20.3 Å². The van der Waals surface area contributed by atoms with Crippen LogP contribution >= 0.6 is 11.6 Å². The Morgan fingerprint density at radius 1 is 1.16 bits per heavy atom. The molecule has 0 radical (unpaired) electrons. The standard InChI is InChI=1S/C17H16ClNO5S/c18-11-2-4-12(5-3-11)25(21,22)16-15(17(16,19)8-20)10-1-6-13-14(7-10)24-9-23-13/h1-7,15-16,20H,8-9,19H2. The molecule has 1 heterocycles. The number of halogens is 1. The highest BCUT2D eigenvalue weighted by Gasteiger charge is 2.69. The second-order valence-electron chi connectivity index (χ2n) is 6.28. The number of fused-ring (bicyclic) bond motifs is 1. The van der Waals surface area contributed by atoms with Crippen LogP contribution in [0.5, 0.6) is 11.5 Å². The minimum Gasteiger partial charge on any atom is -0.454 e. The molecule has 1 saturated carbocycles. The van der Waals surface area contributed by atoms with E-state index in [1.54, 1.807) is 18.2 Å². The molecule has 3 unspecified atom stereocenters. The van der Waals surface area contributed by atoms with Crippen LogP contribution in [0.15, 0.2) is 47.4 Å². The zero-order valence-electron chi connectivity index (χ0n) is 13.1. The molecule has 0 aromatic heterocycles. The molecule has 0 bridgehead atoms. The Hall–Kier alpha value is -1.80. The summed E-state index contributed by atoms with van der Waals surface area (Å²) in [5.41, 5.74) is 5.69. The largest absolute Gasteiger partial charge is 0.454 e. The Balaban J connectivity index is 1.73. The van der Waals surface area contributed by atoms with Crippen LogP contribution in [0.4, 0.5) is 0 Å². The van der Waals surface area contributed by atoms with Crippen LogP contribution in [-0.2, 0) is 9.84 Å². The average Bonchev–Trinajstić information content (AvgIpc) is 2.99. The minimum absolute atomic E-state index is 0.129. The Morgan fingerprint density at radius 2 is 1.84 bits per heavy atom. The lowest BCUT2D eigenvalue weighted by Crippen LogP contribution is -2.35. The maximum absolute atomic E-state index is 13.0. The highest BCUT2D eigenvalue weighted by atomic mass is 35.5. The maximum Gasteiger partial charge on any atom is 0.231 e. The summed E-state index contributed by atoms with van der Waals surface area (Å²) >= 11 is 5.83. The molecule has 1 aliphatic heterocycles. The van der Waals surface area contributed by atoms with Gasteiger partial charge in [-0.3, -0.25) is 0 Å². The van der Waals surface area contributed by atoms with Crippen LogP contribution in [0.2, 0.25) is 5.02 Å². The molecule has 0 saturated heterocycles. The van der Waals surface area contributed by atoms with E-state index >= 15 is 0 Å². The number of hydrogen-bond donors (Lipinski definition) is 2. The molecule has 132 valence electrons. The summed E-state index contributed by atoms with van der Waals surface area (Å²) in [5.74, 6) is 0.619. The van der Waals surface area contributed by atoms with Crippen molar-refractivity contribution in [1.82, 2.24) is 0 Å². The first-order chi connectivity index (χ1) is 11.9. The van der Waals surface area contributed by atoms with Crippen molar-refractivity contribution in [2.45, 2.75) is 21.6 Å². The van der Waals surface area contributed by atoms with Gasteiger partial charge in [0.05, 0.1) is 22.3 Å². The Bertz CT molecular complexity index is 931. The second-order valence-corrected chi connectivity index (χ2v) is 8.79. The van der Waals surface area contributed by atoms with Gasteiger partial charge in [-0.05, 0) is 42.0 Å². The quantitative estimate of drug-likeness (QED) is 0.836. The van der Waals surface area contributed by atoms with E-state index in [2.05, 4.69) is 0 Å². The fraction of sp³-hybridized carbons (Fsp3) is 0.294. The lowest BCUT2D eigenvalue weighted by Gasteiger charge is -2.08. The van der Waals surface area contributed by atoms with E-state index in [0.717, 1.165) is 0 Å². The van der Waals surface area contributed by atoms with Crippen LogP contribution < -0.4 is 15.2 Å². The smallest absolute Gasteiger partial charge is 0.231 e. The van der Waals surface area contributed by atoms with Crippen molar-refractivity contribution in [1.29, 1.82) is 0 Å². The summed E-state index contributed by atoms with van der Waals surface area (Å²) in [7, 11) is -3.73. The molecule has 4 rings (SSSR count). The van der Waals surface area contributed by atoms with E-state index in [1.807, 2.05) is 0 Å². The molecule has 0 amide bonds. The van der Waals surface area contributed by atoms with E-state index in [-0.39, 0.29) is 11.7 Å². The molecule has 3 atom stereocenters. The van der Waals surface area contributed by atoms with Crippen molar-refractivity contribution in [2.24, 2.45) is 5.73 Å². The first kappa shape index (κ1) is 16.7. The zero-order chi connectivity index (χ0) is 17.8. The molecule has 1 fully saturated rings. The summed E-state index contributed by atoms with van der Waals surface area (Å²) < 4.78 is 36.6. The molecule has 0 spiro atoms. The van der Waals surface area contributed by atoms with Crippen molar-refractivity contribution in [3.05, 3.63) is 53.1 Å². The number of hydrogen-bond acceptors (Lipinski definition) is 6. The van der Waals surface area contributed by atoms with Crippen LogP contribution in [0, 0.1) is 0 Å². The topological polar surface area (TPSA) is 98.8 Å². The van der Waals surface area contributed by atoms with Gasteiger partial charge in [-0.1, -0.05) is 17.7 Å². The van der Waals surface area contributed by atoms with Gasteiger partial charge >= 0.3 is 0 Å². The second kappa shape index (κ2) is 5.60. The summed E-state index contributed by atoms with van der Waals surface area (Å²) in [6.45, 7) is -0.312. The van der Waals surface area contributed by atoms with Crippen LogP contribution in [0.1, 0.15) is 11.5 Å². The highest BCUT2D eigenvalue weighted by Crippen LogP contribution is 2.56. The first-order valence-electron chi connectivity index (χ1n) is 7.66. The maximum atomic E-state index is 13.0. The van der Waals surface area contributed by atoms with E-state index < -0.39 is 33.2 Å². The molecule has 25 heavy (non-hydrogen) atoms. The Morgan fingerprint density at radius 3 is 2.52 bits per heavy atom. The summed E-state index contributed by atoms with van der Waals surface area (Å²) in [6.07, 6.45) is 0. The SMILES string of the molecule is NC1(CO)C(c2ccc3c(c2)OCO3)C1S(=O)(=O)c1ccc(Cl)cc1. The third kappa shape index (κ3) is 2.50. The molecule has 1 aliphatic carbocycles. The monoisotopic (exact) mass is 381 g/mol. The Labute approximate surface area is 150 Å². The van der Waals surface area contributed by atoms with Crippen molar-refractivity contribution in [3.63, 3.8) is 0 Å². The van der Waals surface area contributed by atoms with Crippen molar-refractivity contribution in [3.8, 4) is 11.5 Å². The Kier molecular flexibility index (Phi) is 3.73. The van der Waals surface area contributed by atoms with Gasteiger partial charge in [-0.2, -0.15) is 0 Å². The fourth-order valence-corrected chi connectivity index (χ4v) is 5.87. The molecule has 8 heteroatoms. The lowest BCUT2D eigenvalue weighted by atomic mass is 10.1. The van der Waals surface area contributed by atoms with E-state index in [4.69, 9.17) is 26.8 Å². The number of nitrogens with two attached hydrogens (primary N) is 1. The average molecular weight is 382 g/mol. The van der Waals surface area contributed by atoms with Gasteiger partial charge in [0.1, 0.15) is 0 Å². The predicted molar refractivity (Wildman–Crippen MR) is 91.7 cm³/mol. The zero-order valence-corrected chi connectivity index (χ0v) is 14.6. The summed E-state index contributed by atoms with van der Waals surface area (Å²) in [5, 5.41) is 9.27. The van der Waals surface area contributed by atoms with Gasteiger partial charge in [0.15, 0.2) is 21.3 Å². The minimum atomic E-state index is -3.73.